The first kappa shape index (κ1) is 16.0. The van der Waals surface area contributed by atoms with Crippen molar-refractivity contribution in [2.45, 2.75) is 6.92 Å². The minimum Gasteiger partial charge on any atom is -0.480 e. The fraction of sp³-hybridized carbons (Fsp3) is 0.231. The fourth-order valence-corrected chi connectivity index (χ4v) is 1.55. The number of hydrogen-bond acceptors (Lipinski definition) is 4. The number of benzene rings is 1. The van der Waals surface area contributed by atoms with Gasteiger partial charge >= 0.3 is 18.0 Å². The molecule has 0 radical (unpaired) electrons. The molecule has 110 valence electrons. The molecule has 1 rings (SSSR count). The van der Waals surface area contributed by atoms with Crippen molar-refractivity contribution < 1.29 is 24.6 Å². The van der Waals surface area contributed by atoms with E-state index in [0.29, 0.717) is 21.7 Å². The number of carbonyl (C=O) groups excluding carboxylic acids is 1. The Balaban J connectivity index is 2.93. The van der Waals surface area contributed by atoms with Crippen LogP contribution in [-0.4, -0.2) is 46.2 Å². The molecule has 0 saturated carbocycles. The maximum Gasteiger partial charge on any atom is 0.323 e. The van der Waals surface area contributed by atoms with Gasteiger partial charge in [0.05, 0.1) is 11.6 Å². The molecule has 0 atom stereocenters. The smallest absolute Gasteiger partial charge is 0.323 e. The molecule has 8 nitrogen and oxygen atoms in total. The van der Waals surface area contributed by atoms with Crippen LogP contribution < -0.4 is 5.32 Å². The lowest BCUT2D eigenvalue weighted by Gasteiger charge is -2.19. The van der Waals surface area contributed by atoms with Gasteiger partial charge in [-0.1, -0.05) is 6.07 Å². The van der Waals surface area contributed by atoms with Gasteiger partial charge in [-0.2, -0.15) is 5.26 Å². The van der Waals surface area contributed by atoms with Gasteiger partial charge in [-0.15, -0.1) is 0 Å². The Morgan fingerprint density at radius 3 is 2.29 bits per heavy atom. The van der Waals surface area contributed by atoms with Crippen LogP contribution in [-0.2, 0) is 9.59 Å². The number of hydrogen-bond donors (Lipinski definition) is 3. The number of urea groups is 1. The quantitative estimate of drug-likeness (QED) is 0.737. The molecule has 1 aromatic carbocycles. The summed E-state index contributed by atoms with van der Waals surface area (Å²) < 4.78 is 0. The summed E-state index contributed by atoms with van der Waals surface area (Å²) in [5.41, 5.74) is 1.30. The lowest BCUT2D eigenvalue weighted by molar-refractivity contribution is -0.140. The van der Waals surface area contributed by atoms with Crippen molar-refractivity contribution in [2.75, 3.05) is 18.4 Å². The summed E-state index contributed by atoms with van der Waals surface area (Å²) in [5.74, 6) is -2.65. The van der Waals surface area contributed by atoms with Gasteiger partial charge in [-0.3, -0.25) is 9.59 Å². The lowest BCUT2D eigenvalue weighted by atomic mass is 10.1. The van der Waals surface area contributed by atoms with E-state index in [1.807, 2.05) is 6.07 Å². The molecule has 0 bridgehead atoms. The predicted octanol–water partition coefficient (Wildman–Crippen LogP) is 0.870. The van der Waals surface area contributed by atoms with Gasteiger partial charge in [0.1, 0.15) is 13.1 Å². The SMILES string of the molecule is Cc1ccc(C#N)cc1NC(=O)N(CC(=O)O)CC(=O)O. The summed E-state index contributed by atoms with van der Waals surface area (Å²) in [6, 6.07) is 5.65. The van der Waals surface area contributed by atoms with Crippen molar-refractivity contribution in [3.63, 3.8) is 0 Å². The third kappa shape index (κ3) is 4.83. The molecule has 0 aliphatic heterocycles. The van der Waals surface area contributed by atoms with Crippen LogP contribution in [0.4, 0.5) is 10.5 Å². The topological polar surface area (TPSA) is 131 Å². The highest BCUT2D eigenvalue weighted by Gasteiger charge is 2.20. The second-order valence-electron chi connectivity index (χ2n) is 4.22. The van der Waals surface area contributed by atoms with E-state index in [4.69, 9.17) is 15.5 Å². The zero-order chi connectivity index (χ0) is 16.0. The molecule has 0 spiro atoms. The first-order valence-corrected chi connectivity index (χ1v) is 5.83. The number of carboxylic acid groups (broad SMARTS) is 2. The second-order valence-corrected chi connectivity index (χ2v) is 4.22. The molecule has 1 aromatic rings. The Hall–Kier alpha value is -3.08. The van der Waals surface area contributed by atoms with Gasteiger partial charge in [-0.25, -0.2) is 4.79 Å². The Morgan fingerprint density at radius 1 is 1.24 bits per heavy atom. The number of carboxylic acids is 2. The van der Waals surface area contributed by atoms with E-state index in [2.05, 4.69) is 5.32 Å². The van der Waals surface area contributed by atoms with Crippen molar-refractivity contribution >= 4 is 23.7 Å². The molecule has 2 amide bonds. The summed E-state index contributed by atoms with van der Waals surface area (Å²) in [5, 5.41) is 28.6. The summed E-state index contributed by atoms with van der Waals surface area (Å²) >= 11 is 0. The third-order valence-corrected chi connectivity index (χ3v) is 2.55. The molecular weight excluding hydrogens is 278 g/mol. The number of anilines is 1. The van der Waals surface area contributed by atoms with Crippen LogP contribution in [0.25, 0.3) is 0 Å². The number of aliphatic carboxylic acids is 2. The van der Waals surface area contributed by atoms with E-state index >= 15 is 0 Å². The number of aryl methyl sites for hydroxylation is 1. The zero-order valence-electron chi connectivity index (χ0n) is 11.2. The van der Waals surface area contributed by atoms with Crippen LogP contribution in [0.1, 0.15) is 11.1 Å². The first-order chi connectivity index (χ1) is 9.83. The van der Waals surface area contributed by atoms with Crippen molar-refractivity contribution in [1.82, 2.24) is 4.90 Å². The van der Waals surface area contributed by atoms with E-state index in [0.717, 1.165) is 0 Å². The van der Waals surface area contributed by atoms with Crippen LogP contribution in [0.5, 0.6) is 0 Å². The minimum atomic E-state index is -1.33. The monoisotopic (exact) mass is 291 g/mol. The Bertz CT molecular complexity index is 605. The summed E-state index contributed by atoms with van der Waals surface area (Å²) in [6.07, 6.45) is 0. The normalized spacial score (nSPS) is 9.52. The number of rotatable bonds is 5. The van der Waals surface area contributed by atoms with Crippen molar-refractivity contribution in [3.8, 4) is 6.07 Å². The standard InChI is InChI=1S/C13H13N3O5/c1-8-2-3-9(5-14)4-10(8)15-13(21)16(6-11(17)18)7-12(19)20/h2-4H,6-7H2,1H3,(H,15,21)(H,17,18)(H,19,20). The molecule has 0 aliphatic carbocycles. The summed E-state index contributed by atoms with van der Waals surface area (Å²) in [6.45, 7) is 0.208. The highest BCUT2D eigenvalue weighted by molar-refractivity contribution is 5.94. The maximum atomic E-state index is 11.9. The van der Waals surface area contributed by atoms with Crippen molar-refractivity contribution in [3.05, 3.63) is 29.3 Å². The average Bonchev–Trinajstić information content (AvgIpc) is 2.39. The molecule has 8 heteroatoms. The maximum absolute atomic E-state index is 11.9. The van der Waals surface area contributed by atoms with Gasteiger partial charge in [0.15, 0.2) is 0 Å². The van der Waals surface area contributed by atoms with E-state index in [9.17, 15) is 14.4 Å². The lowest BCUT2D eigenvalue weighted by Crippen LogP contribution is -2.42. The third-order valence-electron chi connectivity index (χ3n) is 2.55. The van der Waals surface area contributed by atoms with Crippen molar-refractivity contribution in [1.29, 1.82) is 5.26 Å². The van der Waals surface area contributed by atoms with Gasteiger partial charge in [0.2, 0.25) is 0 Å². The van der Waals surface area contributed by atoms with Gasteiger partial charge in [0, 0.05) is 5.69 Å². The molecule has 0 aliphatic rings. The molecule has 21 heavy (non-hydrogen) atoms. The van der Waals surface area contributed by atoms with Crippen LogP contribution >= 0.6 is 0 Å². The Kier molecular flexibility index (Phi) is 5.25. The average molecular weight is 291 g/mol. The molecule has 0 unspecified atom stereocenters. The van der Waals surface area contributed by atoms with Crippen LogP contribution in [0, 0.1) is 18.3 Å². The summed E-state index contributed by atoms with van der Waals surface area (Å²) in [7, 11) is 0. The Labute approximate surface area is 120 Å². The molecule has 0 aromatic heterocycles. The van der Waals surface area contributed by atoms with Gasteiger partial charge in [-0.05, 0) is 24.6 Å². The second kappa shape index (κ2) is 6.91. The largest absolute Gasteiger partial charge is 0.480 e. The highest BCUT2D eigenvalue weighted by atomic mass is 16.4. The highest BCUT2D eigenvalue weighted by Crippen LogP contribution is 2.17. The summed E-state index contributed by atoms with van der Waals surface area (Å²) in [4.78, 5) is 33.9. The van der Waals surface area contributed by atoms with E-state index in [1.54, 1.807) is 19.1 Å². The molecule has 0 heterocycles. The molecule has 0 saturated heterocycles. The number of amides is 2. The zero-order valence-corrected chi connectivity index (χ0v) is 11.2. The van der Waals surface area contributed by atoms with E-state index in [1.165, 1.54) is 6.07 Å². The predicted molar refractivity (Wildman–Crippen MR) is 71.8 cm³/mol. The van der Waals surface area contributed by atoms with Gasteiger partial charge in [0.25, 0.3) is 0 Å². The fourth-order valence-electron chi connectivity index (χ4n) is 1.55. The van der Waals surface area contributed by atoms with Crippen LogP contribution in [0.3, 0.4) is 0 Å². The number of nitrogens with one attached hydrogen (secondary N) is 1. The van der Waals surface area contributed by atoms with E-state index in [-0.39, 0.29) is 0 Å². The van der Waals surface area contributed by atoms with Crippen LogP contribution in [0.2, 0.25) is 0 Å². The molecular formula is C13H13N3O5. The molecule has 3 N–H and O–H groups in total. The Morgan fingerprint density at radius 2 is 1.81 bits per heavy atom. The van der Waals surface area contributed by atoms with Crippen molar-refractivity contribution in [2.24, 2.45) is 0 Å². The van der Waals surface area contributed by atoms with Gasteiger partial charge < -0.3 is 20.4 Å². The first-order valence-electron chi connectivity index (χ1n) is 5.83. The molecule has 0 fully saturated rings. The minimum absolute atomic E-state index is 0.318. The number of nitrogens with zero attached hydrogens (tertiary/aromatic N) is 2. The number of nitriles is 1. The van der Waals surface area contributed by atoms with E-state index < -0.39 is 31.1 Å². The number of carbonyl (C=O) groups is 3. The van der Waals surface area contributed by atoms with Crippen LogP contribution in [0.15, 0.2) is 18.2 Å².